The minimum Gasteiger partial charge on any atom is -0.469 e. The molecule has 18 heavy (non-hydrogen) atoms. The molecule has 0 saturated heterocycles. The van der Waals surface area contributed by atoms with Crippen LogP contribution in [0.25, 0.3) is 10.9 Å². The number of hydrogen-bond donors (Lipinski definition) is 0. The standard InChI is InChI=1S/C14H14FNO2/c1-9-8-10(6-7-13(17)18-2)16-14-11(9)4-3-5-12(14)15/h3-5,8H,6-7H2,1-2H3. The maximum Gasteiger partial charge on any atom is 0.305 e. The number of pyridine rings is 1. The van der Waals surface area contributed by atoms with Crippen LogP contribution in [0, 0.1) is 12.7 Å². The summed E-state index contributed by atoms with van der Waals surface area (Å²) in [4.78, 5) is 15.3. The van der Waals surface area contributed by atoms with Crippen molar-refractivity contribution >= 4 is 16.9 Å². The summed E-state index contributed by atoms with van der Waals surface area (Å²) in [6, 6.07) is 6.77. The van der Waals surface area contributed by atoms with E-state index in [-0.39, 0.29) is 18.2 Å². The number of carbonyl (C=O) groups excluding carboxylic acids is 1. The molecule has 0 aliphatic rings. The third kappa shape index (κ3) is 2.47. The normalized spacial score (nSPS) is 10.6. The van der Waals surface area contributed by atoms with Gasteiger partial charge < -0.3 is 4.74 Å². The molecule has 1 heterocycles. The zero-order valence-corrected chi connectivity index (χ0v) is 10.4. The van der Waals surface area contributed by atoms with Crippen LogP contribution in [-0.4, -0.2) is 18.1 Å². The predicted octanol–water partition coefficient (Wildman–Crippen LogP) is 2.79. The second-order valence-electron chi connectivity index (χ2n) is 4.14. The summed E-state index contributed by atoms with van der Waals surface area (Å²) in [7, 11) is 1.35. The highest BCUT2D eigenvalue weighted by molar-refractivity contribution is 5.82. The number of rotatable bonds is 3. The highest BCUT2D eigenvalue weighted by Gasteiger charge is 2.08. The summed E-state index contributed by atoms with van der Waals surface area (Å²) in [5.74, 6) is -0.626. The molecule has 0 N–H and O–H groups in total. The monoisotopic (exact) mass is 247 g/mol. The molecule has 3 nitrogen and oxygen atoms in total. The molecule has 2 aromatic rings. The first-order valence-electron chi connectivity index (χ1n) is 5.73. The van der Waals surface area contributed by atoms with E-state index in [9.17, 15) is 9.18 Å². The lowest BCUT2D eigenvalue weighted by atomic mass is 10.1. The SMILES string of the molecule is COC(=O)CCc1cc(C)c2cccc(F)c2n1. The van der Waals surface area contributed by atoms with Crippen molar-refractivity contribution in [1.29, 1.82) is 0 Å². The van der Waals surface area contributed by atoms with Gasteiger partial charge in [-0.25, -0.2) is 9.37 Å². The fraction of sp³-hybridized carbons (Fsp3) is 0.286. The van der Waals surface area contributed by atoms with Gasteiger partial charge in [-0.1, -0.05) is 12.1 Å². The molecule has 4 heteroatoms. The van der Waals surface area contributed by atoms with E-state index in [4.69, 9.17) is 0 Å². The van der Waals surface area contributed by atoms with Crippen molar-refractivity contribution in [3.63, 3.8) is 0 Å². The van der Waals surface area contributed by atoms with Crippen LogP contribution in [0.5, 0.6) is 0 Å². The summed E-state index contributed by atoms with van der Waals surface area (Å²) < 4.78 is 18.2. The number of carbonyl (C=O) groups is 1. The van der Waals surface area contributed by atoms with Gasteiger partial charge in [-0.15, -0.1) is 0 Å². The van der Waals surface area contributed by atoms with Gasteiger partial charge in [0.2, 0.25) is 0 Å². The summed E-state index contributed by atoms with van der Waals surface area (Å²) in [6.45, 7) is 1.91. The van der Waals surface area contributed by atoms with Crippen molar-refractivity contribution in [3.8, 4) is 0 Å². The van der Waals surface area contributed by atoms with E-state index in [2.05, 4.69) is 9.72 Å². The number of aromatic nitrogens is 1. The zero-order valence-electron chi connectivity index (χ0n) is 10.4. The van der Waals surface area contributed by atoms with E-state index < -0.39 is 0 Å². The highest BCUT2D eigenvalue weighted by atomic mass is 19.1. The van der Waals surface area contributed by atoms with Gasteiger partial charge in [0, 0.05) is 17.5 Å². The van der Waals surface area contributed by atoms with Crippen molar-refractivity contribution in [2.75, 3.05) is 7.11 Å². The summed E-state index contributed by atoms with van der Waals surface area (Å²) in [6.07, 6.45) is 0.709. The van der Waals surface area contributed by atoms with Crippen molar-refractivity contribution in [1.82, 2.24) is 4.98 Å². The van der Waals surface area contributed by atoms with Crippen LogP contribution in [0.1, 0.15) is 17.7 Å². The van der Waals surface area contributed by atoms with E-state index in [0.29, 0.717) is 17.6 Å². The molecule has 94 valence electrons. The van der Waals surface area contributed by atoms with Gasteiger partial charge in [-0.2, -0.15) is 0 Å². The molecule has 0 amide bonds. The molecule has 0 atom stereocenters. The quantitative estimate of drug-likeness (QED) is 0.783. The molecular weight excluding hydrogens is 233 g/mol. The maximum absolute atomic E-state index is 13.7. The molecule has 0 bridgehead atoms. The first kappa shape index (κ1) is 12.5. The average Bonchev–Trinajstić information content (AvgIpc) is 2.37. The number of methoxy groups -OCH3 is 1. The zero-order chi connectivity index (χ0) is 13.1. The smallest absolute Gasteiger partial charge is 0.305 e. The number of benzene rings is 1. The Labute approximate surface area is 105 Å². The number of esters is 1. The second kappa shape index (κ2) is 5.12. The Morgan fingerprint density at radius 2 is 2.22 bits per heavy atom. The molecule has 0 aliphatic heterocycles. The number of halogens is 1. The van der Waals surface area contributed by atoms with Crippen LogP contribution < -0.4 is 0 Å². The third-order valence-corrected chi connectivity index (χ3v) is 2.86. The number of para-hydroxylation sites is 1. The van der Waals surface area contributed by atoms with Gasteiger partial charge in [0.25, 0.3) is 0 Å². The fourth-order valence-corrected chi connectivity index (χ4v) is 1.91. The number of nitrogens with zero attached hydrogens (tertiary/aromatic N) is 1. The lowest BCUT2D eigenvalue weighted by Gasteiger charge is -2.06. The highest BCUT2D eigenvalue weighted by Crippen LogP contribution is 2.20. The van der Waals surface area contributed by atoms with E-state index in [1.165, 1.54) is 13.2 Å². The van der Waals surface area contributed by atoms with Gasteiger partial charge in [-0.05, 0) is 24.6 Å². The van der Waals surface area contributed by atoms with Crippen LogP contribution in [0.2, 0.25) is 0 Å². The van der Waals surface area contributed by atoms with Crippen molar-refractivity contribution in [2.45, 2.75) is 19.8 Å². The Hall–Kier alpha value is -1.97. The molecule has 0 unspecified atom stereocenters. The second-order valence-corrected chi connectivity index (χ2v) is 4.14. The minimum absolute atomic E-state index is 0.253. The average molecular weight is 247 g/mol. The van der Waals surface area contributed by atoms with Crippen molar-refractivity contribution in [3.05, 3.63) is 41.3 Å². The molecule has 2 rings (SSSR count). The van der Waals surface area contributed by atoms with E-state index in [1.807, 2.05) is 19.1 Å². The van der Waals surface area contributed by atoms with Crippen molar-refractivity contribution in [2.24, 2.45) is 0 Å². The number of ether oxygens (including phenoxy) is 1. The topological polar surface area (TPSA) is 39.2 Å². The Morgan fingerprint density at radius 1 is 1.44 bits per heavy atom. The molecular formula is C14H14FNO2. The number of fused-ring (bicyclic) bond motifs is 1. The van der Waals surface area contributed by atoms with Crippen molar-refractivity contribution < 1.29 is 13.9 Å². The Morgan fingerprint density at radius 3 is 2.94 bits per heavy atom. The molecule has 0 spiro atoms. The lowest BCUT2D eigenvalue weighted by molar-refractivity contribution is -0.140. The molecule has 0 saturated carbocycles. The van der Waals surface area contributed by atoms with Gasteiger partial charge in [0.15, 0.2) is 0 Å². The number of hydrogen-bond acceptors (Lipinski definition) is 3. The first-order chi connectivity index (χ1) is 8.61. The van der Waals surface area contributed by atoms with Gasteiger partial charge in [0.05, 0.1) is 13.5 Å². The molecule has 0 aliphatic carbocycles. The van der Waals surface area contributed by atoms with Crippen LogP contribution in [-0.2, 0) is 16.0 Å². The minimum atomic E-state index is -0.337. The van der Waals surface area contributed by atoms with E-state index in [0.717, 1.165) is 10.9 Å². The van der Waals surface area contributed by atoms with Gasteiger partial charge >= 0.3 is 5.97 Å². The Bertz CT molecular complexity index is 596. The predicted molar refractivity (Wildman–Crippen MR) is 66.8 cm³/mol. The number of aryl methyl sites for hydroxylation is 2. The fourth-order valence-electron chi connectivity index (χ4n) is 1.91. The molecule has 0 radical (unpaired) electrons. The Balaban J connectivity index is 2.36. The van der Waals surface area contributed by atoms with Crippen LogP contribution in [0.3, 0.4) is 0 Å². The van der Waals surface area contributed by atoms with Crippen LogP contribution in [0.4, 0.5) is 4.39 Å². The van der Waals surface area contributed by atoms with Gasteiger partial charge in [-0.3, -0.25) is 4.79 Å². The molecule has 0 fully saturated rings. The summed E-state index contributed by atoms with van der Waals surface area (Å²) >= 11 is 0. The Kier molecular flexibility index (Phi) is 3.55. The molecule has 1 aromatic carbocycles. The maximum atomic E-state index is 13.7. The largest absolute Gasteiger partial charge is 0.469 e. The van der Waals surface area contributed by atoms with Gasteiger partial charge in [0.1, 0.15) is 11.3 Å². The summed E-state index contributed by atoms with van der Waals surface area (Å²) in [5, 5.41) is 0.803. The van der Waals surface area contributed by atoms with Crippen LogP contribution >= 0.6 is 0 Å². The first-order valence-corrected chi connectivity index (χ1v) is 5.73. The summed E-state index contributed by atoms with van der Waals surface area (Å²) in [5.41, 5.74) is 2.02. The van der Waals surface area contributed by atoms with E-state index in [1.54, 1.807) is 6.07 Å². The van der Waals surface area contributed by atoms with Crippen LogP contribution in [0.15, 0.2) is 24.3 Å². The molecule has 1 aromatic heterocycles. The van der Waals surface area contributed by atoms with E-state index >= 15 is 0 Å². The third-order valence-electron chi connectivity index (χ3n) is 2.86. The lowest BCUT2D eigenvalue weighted by Crippen LogP contribution is -2.03.